The molecule has 5 rings (SSSR count). The van der Waals surface area contributed by atoms with E-state index in [1.54, 1.807) is 6.20 Å². The van der Waals surface area contributed by atoms with Crippen LogP contribution in [0.4, 0.5) is 4.39 Å². The summed E-state index contributed by atoms with van der Waals surface area (Å²) < 4.78 is 18.7. The molecular weight excluding hydrogens is 373 g/mol. The van der Waals surface area contributed by atoms with Gasteiger partial charge >= 0.3 is 0 Å². The minimum Gasteiger partial charge on any atom is -0.484 e. The molecular formula is C19H19ClFN3O3. The number of halogens is 2. The highest BCUT2D eigenvalue weighted by atomic mass is 35.5. The van der Waals surface area contributed by atoms with Crippen LogP contribution in [0.2, 0.25) is 5.02 Å². The van der Waals surface area contributed by atoms with E-state index in [1.807, 2.05) is 6.92 Å². The fourth-order valence-electron chi connectivity index (χ4n) is 4.36. The summed E-state index contributed by atoms with van der Waals surface area (Å²) in [6, 6.07) is 4.04. The number of ether oxygens (including phenoxy) is 1. The van der Waals surface area contributed by atoms with E-state index in [1.165, 1.54) is 12.1 Å². The Balaban J connectivity index is 1.23. The van der Waals surface area contributed by atoms with Gasteiger partial charge in [0, 0.05) is 18.0 Å². The summed E-state index contributed by atoms with van der Waals surface area (Å²) >= 11 is 5.61. The Labute approximate surface area is 160 Å². The zero-order valence-corrected chi connectivity index (χ0v) is 15.5. The van der Waals surface area contributed by atoms with E-state index in [2.05, 4.69) is 15.3 Å². The maximum Gasteiger partial charge on any atom is 0.258 e. The molecule has 3 aliphatic carbocycles. The number of aromatic nitrogens is 2. The molecule has 0 spiro atoms. The van der Waals surface area contributed by atoms with Crippen LogP contribution < -0.4 is 10.1 Å². The highest BCUT2D eigenvalue weighted by Gasteiger charge is 2.68. The van der Waals surface area contributed by atoms with Crippen molar-refractivity contribution in [3.8, 4) is 5.75 Å². The number of imidazole rings is 1. The Morgan fingerprint density at radius 2 is 2.11 bits per heavy atom. The van der Waals surface area contributed by atoms with Crippen LogP contribution >= 0.6 is 11.6 Å². The molecule has 3 aliphatic rings. The van der Waals surface area contributed by atoms with Gasteiger partial charge in [0.25, 0.3) is 5.91 Å². The standard InChI is InChI=1S/C19H19ClFN3O3/c1-11-22-6-15(23-11)16(25)5-18-8-19(9-18,10-18)24-17(26)7-27-12-2-3-13(20)14(21)4-12/h2-4,6H,5,7-10H2,1H3,(H,22,23)(H,24,26). The summed E-state index contributed by atoms with van der Waals surface area (Å²) in [5.41, 5.74) is 0.304. The fourth-order valence-corrected chi connectivity index (χ4v) is 4.48. The van der Waals surface area contributed by atoms with Crippen LogP contribution in [-0.4, -0.2) is 33.8 Å². The molecule has 0 atom stereocenters. The molecule has 0 saturated heterocycles. The van der Waals surface area contributed by atoms with Crippen LogP contribution in [-0.2, 0) is 4.79 Å². The van der Waals surface area contributed by atoms with E-state index in [0.717, 1.165) is 31.2 Å². The smallest absolute Gasteiger partial charge is 0.258 e. The summed E-state index contributed by atoms with van der Waals surface area (Å²) in [5.74, 6) is 0.187. The van der Waals surface area contributed by atoms with Crippen LogP contribution in [0.5, 0.6) is 5.75 Å². The van der Waals surface area contributed by atoms with Crippen molar-refractivity contribution < 1.29 is 18.7 Å². The van der Waals surface area contributed by atoms with Crippen molar-refractivity contribution in [2.24, 2.45) is 5.41 Å². The number of nitrogens with one attached hydrogen (secondary N) is 2. The van der Waals surface area contributed by atoms with Crippen LogP contribution in [0.25, 0.3) is 0 Å². The molecule has 1 aromatic heterocycles. The number of aryl methyl sites for hydroxylation is 1. The summed E-state index contributed by atoms with van der Waals surface area (Å²) in [7, 11) is 0. The van der Waals surface area contributed by atoms with Crippen molar-refractivity contribution in [2.45, 2.75) is 38.1 Å². The minimum absolute atomic E-state index is 0.00537. The number of nitrogens with zero attached hydrogens (tertiary/aromatic N) is 1. The van der Waals surface area contributed by atoms with Gasteiger partial charge in [-0.25, -0.2) is 9.37 Å². The van der Waals surface area contributed by atoms with Gasteiger partial charge in [-0.05, 0) is 43.7 Å². The zero-order chi connectivity index (χ0) is 19.2. The number of hydrogen-bond donors (Lipinski definition) is 2. The normalized spacial score (nSPS) is 25.3. The van der Waals surface area contributed by atoms with Crippen molar-refractivity contribution >= 4 is 23.3 Å². The quantitative estimate of drug-likeness (QED) is 0.710. The Morgan fingerprint density at radius 3 is 2.74 bits per heavy atom. The van der Waals surface area contributed by atoms with E-state index < -0.39 is 5.82 Å². The first kappa shape index (κ1) is 18.0. The number of rotatable bonds is 7. The number of ketones is 1. The van der Waals surface area contributed by atoms with E-state index in [0.29, 0.717) is 12.1 Å². The van der Waals surface area contributed by atoms with Gasteiger partial charge in [0.2, 0.25) is 0 Å². The third kappa shape index (κ3) is 3.43. The second-order valence-electron chi connectivity index (χ2n) is 7.71. The van der Waals surface area contributed by atoms with Crippen LogP contribution in [0.15, 0.2) is 24.4 Å². The van der Waals surface area contributed by atoms with Gasteiger partial charge in [0.1, 0.15) is 23.1 Å². The van der Waals surface area contributed by atoms with Gasteiger partial charge in [-0.2, -0.15) is 0 Å². The third-order valence-electron chi connectivity index (χ3n) is 5.34. The predicted octanol–water partition coefficient (Wildman–Crippen LogP) is 3.20. The van der Waals surface area contributed by atoms with Crippen molar-refractivity contribution in [1.82, 2.24) is 15.3 Å². The molecule has 1 aromatic carbocycles. The topological polar surface area (TPSA) is 84.1 Å². The molecule has 8 heteroatoms. The lowest BCUT2D eigenvalue weighted by Crippen LogP contribution is -2.75. The lowest BCUT2D eigenvalue weighted by molar-refractivity contribution is -0.164. The van der Waals surface area contributed by atoms with Crippen LogP contribution in [0, 0.1) is 18.2 Å². The highest BCUT2D eigenvalue weighted by Crippen LogP contribution is 2.69. The summed E-state index contributed by atoms with van der Waals surface area (Å²) in [4.78, 5) is 31.4. The first-order valence-electron chi connectivity index (χ1n) is 8.72. The Kier molecular flexibility index (Phi) is 4.22. The maximum absolute atomic E-state index is 13.4. The van der Waals surface area contributed by atoms with Crippen molar-refractivity contribution in [3.63, 3.8) is 0 Å². The average molecular weight is 392 g/mol. The lowest BCUT2D eigenvalue weighted by Gasteiger charge is -2.70. The van der Waals surface area contributed by atoms with Crippen molar-refractivity contribution in [3.05, 3.63) is 46.8 Å². The molecule has 2 bridgehead atoms. The molecule has 2 aromatic rings. The molecule has 0 unspecified atom stereocenters. The Hall–Kier alpha value is -2.41. The van der Waals surface area contributed by atoms with E-state index in [9.17, 15) is 14.0 Å². The summed E-state index contributed by atoms with van der Waals surface area (Å²) in [6.07, 6.45) is 4.41. The van der Waals surface area contributed by atoms with Gasteiger partial charge in [-0.1, -0.05) is 11.6 Å². The van der Waals surface area contributed by atoms with Gasteiger partial charge in [0.05, 0.1) is 11.2 Å². The number of H-pyrrole nitrogens is 1. The van der Waals surface area contributed by atoms with Crippen LogP contribution in [0.3, 0.4) is 0 Å². The van der Waals surface area contributed by atoms with Gasteiger partial charge < -0.3 is 15.0 Å². The Morgan fingerprint density at radius 1 is 1.37 bits per heavy atom. The molecule has 0 radical (unpaired) electrons. The van der Waals surface area contributed by atoms with Gasteiger partial charge in [0.15, 0.2) is 12.4 Å². The highest BCUT2D eigenvalue weighted by molar-refractivity contribution is 6.30. The molecule has 6 nitrogen and oxygen atoms in total. The average Bonchev–Trinajstić information content (AvgIpc) is 2.99. The first-order chi connectivity index (χ1) is 12.8. The number of hydrogen-bond acceptors (Lipinski definition) is 4. The molecule has 1 heterocycles. The minimum atomic E-state index is -0.590. The van der Waals surface area contributed by atoms with E-state index in [4.69, 9.17) is 16.3 Å². The van der Waals surface area contributed by atoms with Gasteiger partial charge in [-0.15, -0.1) is 0 Å². The third-order valence-corrected chi connectivity index (χ3v) is 5.65. The van der Waals surface area contributed by atoms with E-state index in [-0.39, 0.29) is 40.0 Å². The Bertz CT molecular complexity index is 907. The number of aromatic amines is 1. The van der Waals surface area contributed by atoms with Crippen LogP contribution in [0.1, 0.15) is 42.0 Å². The molecule has 142 valence electrons. The van der Waals surface area contributed by atoms with Gasteiger partial charge in [-0.3, -0.25) is 9.59 Å². The zero-order valence-electron chi connectivity index (χ0n) is 14.8. The summed E-state index contributed by atoms with van der Waals surface area (Å²) in [5, 5.41) is 2.99. The number of Topliss-reactive ketones (excluding diaryl/α,β-unsaturated/α-hetero) is 1. The number of benzene rings is 1. The largest absolute Gasteiger partial charge is 0.484 e. The van der Waals surface area contributed by atoms with E-state index >= 15 is 0 Å². The molecule has 3 fully saturated rings. The number of amides is 1. The molecule has 2 N–H and O–H groups in total. The molecule has 1 amide bonds. The number of carbonyl (C=O) groups is 2. The first-order valence-corrected chi connectivity index (χ1v) is 9.10. The lowest BCUT2D eigenvalue weighted by atomic mass is 9.38. The molecule has 3 saturated carbocycles. The van der Waals surface area contributed by atoms with Crippen molar-refractivity contribution in [1.29, 1.82) is 0 Å². The predicted molar refractivity (Wildman–Crippen MR) is 96.3 cm³/mol. The van der Waals surface area contributed by atoms with Crippen molar-refractivity contribution in [2.75, 3.05) is 6.61 Å². The maximum atomic E-state index is 13.4. The second kappa shape index (κ2) is 6.34. The second-order valence-corrected chi connectivity index (χ2v) is 8.11. The molecule has 0 aliphatic heterocycles. The SMILES string of the molecule is Cc1ncc(C(=O)CC23CC(NC(=O)COc4ccc(Cl)c(F)c4)(C2)C3)[nH]1. The fraction of sp³-hybridized carbons (Fsp3) is 0.421. The molecule has 27 heavy (non-hydrogen) atoms. The number of carbonyl (C=O) groups excluding carboxylic acids is 2. The monoisotopic (exact) mass is 391 g/mol. The summed E-state index contributed by atoms with van der Waals surface area (Å²) in [6.45, 7) is 1.62.